The molecule has 0 saturated carbocycles. The van der Waals surface area contributed by atoms with Crippen molar-refractivity contribution in [2.75, 3.05) is 13.2 Å². The van der Waals surface area contributed by atoms with Gasteiger partial charge in [0.25, 0.3) is 0 Å². The van der Waals surface area contributed by atoms with E-state index in [0.717, 1.165) is 16.0 Å². The van der Waals surface area contributed by atoms with Crippen LogP contribution in [0.4, 0.5) is 0 Å². The minimum absolute atomic E-state index is 0.549. The van der Waals surface area contributed by atoms with Gasteiger partial charge in [-0.2, -0.15) is 0 Å². The molecule has 1 aliphatic carbocycles. The lowest BCUT2D eigenvalue weighted by atomic mass is 9.92. The molecule has 110 valence electrons. The van der Waals surface area contributed by atoms with Crippen LogP contribution in [-0.4, -0.2) is 13.2 Å². The minimum atomic E-state index is 0.549. The van der Waals surface area contributed by atoms with E-state index in [4.69, 9.17) is 9.47 Å². The maximum Gasteiger partial charge on any atom is 0.122 e. The lowest BCUT2D eigenvalue weighted by Crippen LogP contribution is -2.10. The Morgan fingerprint density at radius 1 is 0.810 bits per heavy atom. The fraction of sp³-hybridized carbons (Fsp3) is 0.333. The van der Waals surface area contributed by atoms with Crippen molar-refractivity contribution in [1.29, 1.82) is 0 Å². The summed E-state index contributed by atoms with van der Waals surface area (Å²) in [5.41, 5.74) is 2.94. The van der Waals surface area contributed by atoms with Gasteiger partial charge in [-0.1, -0.05) is 28.1 Å². The van der Waals surface area contributed by atoms with Crippen molar-refractivity contribution in [2.45, 2.75) is 25.7 Å². The monoisotopic (exact) mass is 346 g/mol. The van der Waals surface area contributed by atoms with Crippen molar-refractivity contribution in [3.05, 3.63) is 58.1 Å². The van der Waals surface area contributed by atoms with Gasteiger partial charge in [-0.05, 0) is 67.1 Å². The van der Waals surface area contributed by atoms with Gasteiger partial charge in [0.15, 0.2) is 0 Å². The van der Waals surface area contributed by atoms with Crippen molar-refractivity contribution in [3.63, 3.8) is 0 Å². The topological polar surface area (TPSA) is 18.5 Å². The summed E-state index contributed by atoms with van der Waals surface area (Å²) in [6.07, 6.45) is 5.00. The fourth-order valence-electron chi connectivity index (χ4n) is 2.68. The average molecular weight is 347 g/mol. The van der Waals surface area contributed by atoms with E-state index in [1.165, 1.54) is 36.8 Å². The summed E-state index contributed by atoms with van der Waals surface area (Å²) in [4.78, 5) is 0. The van der Waals surface area contributed by atoms with Crippen LogP contribution in [0.15, 0.2) is 46.9 Å². The van der Waals surface area contributed by atoms with E-state index in [0.29, 0.717) is 13.2 Å². The van der Waals surface area contributed by atoms with Crippen molar-refractivity contribution >= 4 is 15.9 Å². The largest absolute Gasteiger partial charge is 0.490 e. The summed E-state index contributed by atoms with van der Waals surface area (Å²) in [6.45, 7) is 1.11. The predicted molar refractivity (Wildman–Crippen MR) is 88.2 cm³/mol. The number of aryl methyl sites for hydroxylation is 2. The van der Waals surface area contributed by atoms with Crippen molar-refractivity contribution < 1.29 is 9.47 Å². The molecule has 0 aliphatic heterocycles. The highest BCUT2D eigenvalue weighted by atomic mass is 79.9. The van der Waals surface area contributed by atoms with Crippen LogP contribution in [0, 0.1) is 0 Å². The Hall–Kier alpha value is -1.48. The Morgan fingerprint density at radius 2 is 1.52 bits per heavy atom. The van der Waals surface area contributed by atoms with E-state index in [9.17, 15) is 0 Å². The van der Waals surface area contributed by atoms with Crippen molar-refractivity contribution in [2.24, 2.45) is 0 Å². The first kappa shape index (κ1) is 14.5. The third-order valence-corrected chi connectivity index (χ3v) is 4.23. The summed E-state index contributed by atoms with van der Waals surface area (Å²) in [7, 11) is 0. The zero-order valence-electron chi connectivity index (χ0n) is 12.0. The highest BCUT2D eigenvalue weighted by Gasteiger charge is 2.09. The van der Waals surface area contributed by atoms with Crippen molar-refractivity contribution in [1.82, 2.24) is 0 Å². The van der Waals surface area contributed by atoms with E-state index in [2.05, 4.69) is 34.1 Å². The molecule has 21 heavy (non-hydrogen) atoms. The zero-order chi connectivity index (χ0) is 14.5. The van der Waals surface area contributed by atoms with Gasteiger partial charge >= 0.3 is 0 Å². The van der Waals surface area contributed by atoms with Gasteiger partial charge in [-0.3, -0.25) is 0 Å². The van der Waals surface area contributed by atoms with E-state index >= 15 is 0 Å². The summed E-state index contributed by atoms with van der Waals surface area (Å²) >= 11 is 3.43. The van der Waals surface area contributed by atoms with Crippen LogP contribution in [0.3, 0.4) is 0 Å². The summed E-state index contributed by atoms with van der Waals surface area (Å²) in [5, 5.41) is 0. The molecule has 0 N–H and O–H groups in total. The molecule has 0 fully saturated rings. The molecule has 0 bridgehead atoms. The van der Waals surface area contributed by atoms with Crippen LogP contribution in [0.2, 0.25) is 0 Å². The summed E-state index contributed by atoms with van der Waals surface area (Å²) in [6, 6.07) is 14.3. The second kappa shape index (κ2) is 6.99. The summed E-state index contributed by atoms with van der Waals surface area (Å²) < 4.78 is 12.5. The van der Waals surface area contributed by atoms with Gasteiger partial charge in [0.1, 0.15) is 24.7 Å². The zero-order valence-corrected chi connectivity index (χ0v) is 13.6. The summed E-state index contributed by atoms with van der Waals surface area (Å²) in [5.74, 6) is 1.81. The standard InChI is InChI=1S/C18H19BrO2/c19-16-6-3-7-17(13-16)20-10-11-21-18-9-8-14-4-1-2-5-15(14)12-18/h3,6-9,12-13H,1-2,4-5,10-11H2. The Labute approximate surface area is 134 Å². The number of rotatable bonds is 5. The second-order valence-corrected chi connectivity index (χ2v) is 6.21. The maximum atomic E-state index is 5.79. The first-order valence-corrected chi connectivity index (χ1v) is 8.23. The molecule has 0 spiro atoms. The van der Waals surface area contributed by atoms with Crippen LogP contribution in [-0.2, 0) is 12.8 Å². The highest BCUT2D eigenvalue weighted by molar-refractivity contribution is 9.10. The van der Waals surface area contributed by atoms with Gasteiger partial charge in [0, 0.05) is 4.47 Å². The highest BCUT2D eigenvalue weighted by Crippen LogP contribution is 2.25. The van der Waals surface area contributed by atoms with E-state index in [-0.39, 0.29) is 0 Å². The molecule has 0 aromatic heterocycles. The molecule has 3 heteroatoms. The van der Waals surface area contributed by atoms with Gasteiger partial charge in [0.05, 0.1) is 0 Å². The van der Waals surface area contributed by atoms with Gasteiger partial charge < -0.3 is 9.47 Å². The van der Waals surface area contributed by atoms with Gasteiger partial charge in [0.2, 0.25) is 0 Å². The number of fused-ring (bicyclic) bond motifs is 1. The number of ether oxygens (including phenoxy) is 2. The van der Waals surface area contributed by atoms with Crippen molar-refractivity contribution in [3.8, 4) is 11.5 Å². The SMILES string of the molecule is Brc1cccc(OCCOc2ccc3c(c2)CCCC3)c1. The number of hydrogen-bond acceptors (Lipinski definition) is 2. The molecule has 0 atom stereocenters. The quantitative estimate of drug-likeness (QED) is 0.725. The van der Waals surface area contributed by atoms with Crippen LogP contribution < -0.4 is 9.47 Å². The normalized spacial score (nSPS) is 13.6. The molecule has 2 aromatic carbocycles. The molecule has 0 saturated heterocycles. The molecule has 3 rings (SSSR count). The molecule has 0 unspecified atom stereocenters. The fourth-order valence-corrected chi connectivity index (χ4v) is 3.05. The molecule has 1 aliphatic rings. The Balaban J connectivity index is 1.49. The molecule has 0 amide bonds. The first-order chi connectivity index (χ1) is 10.3. The lowest BCUT2D eigenvalue weighted by molar-refractivity contribution is 0.217. The minimum Gasteiger partial charge on any atom is -0.490 e. The molecule has 0 heterocycles. The first-order valence-electron chi connectivity index (χ1n) is 7.44. The average Bonchev–Trinajstić information content (AvgIpc) is 2.51. The van der Waals surface area contributed by atoms with E-state index in [1.807, 2.05) is 24.3 Å². The number of halogens is 1. The van der Waals surface area contributed by atoms with Gasteiger partial charge in [-0.25, -0.2) is 0 Å². The van der Waals surface area contributed by atoms with Crippen LogP contribution in [0.25, 0.3) is 0 Å². The van der Waals surface area contributed by atoms with Gasteiger partial charge in [-0.15, -0.1) is 0 Å². The Kier molecular flexibility index (Phi) is 4.81. The molecule has 2 nitrogen and oxygen atoms in total. The molecular weight excluding hydrogens is 328 g/mol. The van der Waals surface area contributed by atoms with Crippen LogP contribution in [0.1, 0.15) is 24.0 Å². The predicted octanol–water partition coefficient (Wildman–Crippen LogP) is 4.79. The molecule has 0 radical (unpaired) electrons. The number of benzene rings is 2. The van der Waals surface area contributed by atoms with Crippen LogP contribution in [0.5, 0.6) is 11.5 Å². The lowest BCUT2D eigenvalue weighted by Gasteiger charge is -2.17. The molecule has 2 aromatic rings. The van der Waals surface area contributed by atoms with E-state index in [1.54, 1.807) is 0 Å². The third kappa shape index (κ3) is 4.01. The third-order valence-electron chi connectivity index (χ3n) is 3.74. The number of hydrogen-bond donors (Lipinski definition) is 0. The van der Waals surface area contributed by atoms with Crippen LogP contribution >= 0.6 is 15.9 Å². The Bertz CT molecular complexity index is 610. The second-order valence-electron chi connectivity index (χ2n) is 5.29. The molecular formula is C18H19BrO2. The van der Waals surface area contributed by atoms with E-state index < -0.39 is 0 Å². The maximum absolute atomic E-state index is 5.79. The Morgan fingerprint density at radius 3 is 2.29 bits per heavy atom. The smallest absolute Gasteiger partial charge is 0.122 e.